The van der Waals surface area contributed by atoms with Gasteiger partial charge in [-0.25, -0.2) is 4.39 Å². The molecule has 1 saturated heterocycles. The van der Waals surface area contributed by atoms with Crippen molar-refractivity contribution in [2.45, 2.75) is 12.5 Å². The fraction of sp³-hybridized carbons (Fsp3) is 0.185. The van der Waals surface area contributed by atoms with Crippen LogP contribution in [0.3, 0.4) is 0 Å². The van der Waals surface area contributed by atoms with Crippen LogP contribution in [-0.4, -0.2) is 30.3 Å². The van der Waals surface area contributed by atoms with E-state index in [1.165, 1.54) is 18.2 Å². The Balaban J connectivity index is 1.41. The molecule has 0 radical (unpaired) electrons. The Morgan fingerprint density at radius 1 is 1.00 bits per heavy atom. The first-order chi connectivity index (χ1) is 16.4. The van der Waals surface area contributed by atoms with E-state index in [1.54, 1.807) is 36.4 Å². The molecule has 1 fully saturated rings. The van der Waals surface area contributed by atoms with Crippen LogP contribution in [0.15, 0.2) is 78.9 Å². The van der Waals surface area contributed by atoms with E-state index in [4.69, 9.17) is 5.73 Å². The normalized spacial score (nSPS) is 18.2. The molecule has 6 nitrogen and oxygen atoms in total. The highest BCUT2D eigenvalue weighted by Gasteiger charge is 2.37. The molecule has 2 amide bonds. The lowest BCUT2D eigenvalue weighted by molar-refractivity contribution is -0.120. The molecule has 2 atom stereocenters. The Labute approximate surface area is 198 Å². The van der Waals surface area contributed by atoms with Gasteiger partial charge in [-0.15, -0.1) is 0 Å². The number of nitrogens with two attached hydrogens (primary N) is 1. The molecule has 0 aromatic heterocycles. The molecule has 1 aliphatic rings. The lowest BCUT2D eigenvalue weighted by Gasteiger charge is -2.25. The molecule has 34 heavy (non-hydrogen) atoms. The molecule has 1 aliphatic heterocycles. The number of para-hydroxylation sites is 2. The number of halogens is 1. The third-order valence-electron chi connectivity index (χ3n) is 6.02. The van der Waals surface area contributed by atoms with E-state index in [2.05, 4.69) is 15.5 Å². The monoisotopic (exact) mass is 458 g/mol. The zero-order valence-corrected chi connectivity index (χ0v) is 18.9. The number of carbonyl (C=O) groups excluding carboxylic acids is 2. The van der Waals surface area contributed by atoms with E-state index >= 15 is 0 Å². The van der Waals surface area contributed by atoms with Gasteiger partial charge in [0, 0.05) is 17.8 Å². The van der Waals surface area contributed by atoms with Crippen LogP contribution in [0, 0.1) is 11.7 Å². The van der Waals surface area contributed by atoms with Gasteiger partial charge in [0.2, 0.25) is 11.8 Å². The molecular weight excluding hydrogens is 431 g/mol. The van der Waals surface area contributed by atoms with Gasteiger partial charge in [-0.2, -0.15) is 0 Å². The topological polar surface area (TPSA) is 87.5 Å². The molecule has 174 valence electrons. The Morgan fingerprint density at radius 3 is 2.41 bits per heavy atom. The maximum absolute atomic E-state index is 13.2. The molecule has 0 saturated carbocycles. The average Bonchev–Trinajstić information content (AvgIpc) is 3.22. The highest BCUT2D eigenvalue weighted by Crippen LogP contribution is 2.37. The van der Waals surface area contributed by atoms with Crippen molar-refractivity contribution in [1.29, 1.82) is 0 Å². The average molecular weight is 459 g/mol. The van der Waals surface area contributed by atoms with Crippen LogP contribution >= 0.6 is 0 Å². The van der Waals surface area contributed by atoms with Crippen molar-refractivity contribution in [2.24, 2.45) is 5.92 Å². The van der Waals surface area contributed by atoms with Crippen LogP contribution in [0.25, 0.3) is 6.08 Å². The second-order valence-corrected chi connectivity index (χ2v) is 8.39. The van der Waals surface area contributed by atoms with Crippen molar-refractivity contribution in [3.8, 4) is 0 Å². The Bertz CT molecular complexity index is 1190. The van der Waals surface area contributed by atoms with Crippen molar-refractivity contribution >= 4 is 35.0 Å². The molecule has 1 unspecified atom stereocenters. The van der Waals surface area contributed by atoms with Gasteiger partial charge in [-0.05, 0) is 73.6 Å². The smallest absolute Gasteiger partial charge is 0.248 e. The van der Waals surface area contributed by atoms with Gasteiger partial charge in [0.05, 0.1) is 17.3 Å². The fourth-order valence-corrected chi connectivity index (χ4v) is 4.24. The van der Waals surface area contributed by atoms with E-state index in [0.29, 0.717) is 17.1 Å². The molecule has 0 aliphatic carbocycles. The van der Waals surface area contributed by atoms with Crippen LogP contribution in [0.2, 0.25) is 0 Å². The molecule has 3 aromatic carbocycles. The maximum atomic E-state index is 13.2. The van der Waals surface area contributed by atoms with Gasteiger partial charge in [0.1, 0.15) is 5.82 Å². The fourth-order valence-electron chi connectivity index (χ4n) is 4.24. The van der Waals surface area contributed by atoms with E-state index < -0.39 is 0 Å². The summed E-state index contributed by atoms with van der Waals surface area (Å²) in [5.74, 6) is -0.914. The Morgan fingerprint density at radius 2 is 1.71 bits per heavy atom. The van der Waals surface area contributed by atoms with Gasteiger partial charge in [0.15, 0.2) is 0 Å². The number of benzene rings is 3. The summed E-state index contributed by atoms with van der Waals surface area (Å²) >= 11 is 0. The number of carbonyl (C=O) groups is 2. The van der Waals surface area contributed by atoms with Gasteiger partial charge in [-0.1, -0.05) is 36.4 Å². The third kappa shape index (κ3) is 5.50. The van der Waals surface area contributed by atoms with E-state index in [-0.39, 0.29) is 29.6 Å². The molecule has 7 heteroatoms. The molecule has 4 rings (SSSR count). The Hall–Kier alpha value is -3.97. The van der Waals surface area contributed by atoms with E-state index in [1.807, 2.05) is 37.4 Å². The largest absolute Gasteiger partial charge is 0.397 e. The Kier molecular flexibility index (Phi) is 7.04. The van der Waals surface area contributed by atoms with Crippen molar-refractivity contribution in [3.05, 3.63) is 95.8 Å². The second-order valence-electron chi connectivity index (χ2n) is 8.39. The van der Waals surface area contributed by atoms with E-state index in [9.17, 15) is 14.0 Å². The summed E-state index contributed by atoms with van der Waals surface area (Å²) in [7, 11) is 2.00. The number of nitrogens with zero attached hydrogens (tertiary/aromatic N) is 1. The number of rotatable bonds is 6. The summed E-state index contributed by atoms with van der Waals surface area (Å²) in [5.41, 5.74) is 9.41. The molecule has 4 N–H and O–H groups in total. The summed E-state index contributed by atoms with van der Waals surface area (Å²) < 4.78 is 13.2. The molecular formula is C27H27FN4O2. The maximum Gasteiger partial charge on any atom is 0.248 e. The van der Waals surface area contributed by atoms with Gasteiger partial charge >= 0.3 is 0 Å². The number of nitrogens with one attached hydrogen (secondary N) is 2. The summed E-state index contributed by atoms with van der Waals surface area (Å²) in [6.45, 7) is 0.802. The van der Waals surface area contributed by atoms with Crippen molar-refractivity contribution in [1.82, 2.24) is 4.90 Å². The number of likely N-dealkylation sites (tertiary alicyclic amines) is 1. The number of hydrogen-bond donors (Lipinski definition) is 3. The van der Waals surface area contributed by atoms with Crippen LogP contribution in [0.5, 0.6) is 0 Å². The number of nitrogen functional groups attached to an aromatic ring is 1. The highest BCUT2D eigenvalue weighted by molar-refractivity contribution is 6.03. The first-order valence-electron chi connectivity index (χ1n) is 11.1. The standard InChI is InChI=1S/C27H27FN4O2/c1-32-17-16-22(27(34)30-21-13-11-20(28)12-14-21)26(32)19-9-6-18(7-10-19)8-15-25(33)31-24-5-3-2-4-23(24)29/h2-15,22,26H,16-17,29H2,1H3,(H,30,34)(H,31,33)/t22-,26?/m1/s1. The van der Waals surface area contributed by atoms with Gasteiger partial charge < -0.3 is 16.4 Å². The van der Waals surface area contributed by atoms with Crippen LogP contribution < -0.4 is 16.4 Å². The predicted octanol–water partition coefficient (Wildman–Crippen LogP) is 4.69. The number of anilines is 3. The van der Waals surface area contributed by atoms with Crippen LogP contribution in [0.1, 0.15) is 23.6 Å². The minimum absolute atomic E-state index is 0.0668. The zero-order chi connectivity index (χ0) is 24.1. The van der Waals surface area contributed by atoms with Crippen LogP contribution in [0.4, 0.5) is 21.5 Å². The summed E-state index contributed by atoms with van der Waals surface area (Å²) in [5, 5.41) is 5.66. The first kappa shape index (κ1) is 23.2. The third-order valence-corrected chi connectivity index (χ3v) is 6.02. The summed E-state index contributed by atoms with van der Waals surface area (Å²) in [6, 6.07) is 20.6. The zero-order valence-electron chi connectivity index (χ0n) is 18.9. The van der Waals surface area contributed by atoms with Crippen LogP contribution in [-0.2, 0) is 9.59 Å². The number of amides is 2. The molecule has 0 spiro atoms. The lowest BCUT2D eigenvalue weighted by atomic mass is 9.92. The highest BCUT2D eigenvalue weighted by atomic mass is 19.1. The van der Waals surface area contributed by atoms with Crippen molar-refractivity contribution < 1.29 is 14.0 Å². The van der Waals surface area contributed by atoms with Gasteiger partial charge in [-0.3, -0.25) is 14.5 Å². The predicted molar refractivity (Wildman–Crippen MR) is 133 cm³/mol. The first-order valence-corrected chi connectivity index (χ1v) is 11.1. The second kappa shape index (κ2) is 10.3. The molecule has 1 heterocycles. The summed E-state index contributed by atoms with van der Waals surface area (Å²) in [6.07, 6.45) is 3.93. The van der Waals surface area contributed by atoms with Crippen molar-refractivity contribution in [3.63, 3.8) is 0 Å². The lowest BCUT2D eigenvalue weighted by Crippen LogP contribution is -2.29. The quantitative estimate of drug-likeness (QED) is 0.369. The molecule has 3 aromatic rings. The summed E-state index contributed by atoms with van der Waals surface area (Å²) in [4.78, 5) is 27.3. The van der Waals surface area contributed by atoms with Gasteiger partial charge in [0.25, 0.3) is 0 Å². The molecule has 0 bridgehead atoms. The van der Waals surface area contributed by atoms with Crippen molar-refractivity contribution in [2.75, 3.05) is 30.0 Å². The van der Waals surface area contributed by atoms with E-state index in [0.717, 1.165) is 24.1 Å². The minimum Gasteiger partial charge on any atom is -0.397 e. The minimum atomic E-state index is -0.340. The number of hydrogen-bond acceptors (Lipinski definition) is 4. The SMILES string of the molecule is CN1CC[C@@H](C(=O)Nc2ccc(F)cc2)C1c1ccc(C=CC(=O)Nc2ccccc2N)cc1.